The molecule has 0 saturated carbocycles. The minimum atomic E-state index is -1.03. The SMILES string of the molecule is C[C@H](CC(=O)Cc1cc(F)cc(F)c1)C(=O)N[C@H](C(=O)OC(C)(C)C)c1ccccc1. The smallest absolute Gasteiger partial charge is 0.333 e. The Balaban J connectivity index is 2.06. The fraction of sp³-hybridized carbons (Fsp3) is 0.375. The first-order valence-electron chi connectivity index (χ1n) is 9.99. The number of nitrogens with one attached hydrogen (secondary N) is 1. The molecule has 31 heavy (non-hydrogen) atoms. The fourth-order valence-electron chi connectivity index (χ4n) is 3.02. The number of ketones is 1. The van der Waals surface area contributed by atoms with Gasteiger partial charge < -0.3 is 10.1 Å². The minimum absolute atomic E-state index is 0.139. The van der Waals surface area contributed by atoms with Gasteiger partial charge in [-0.25, -0.2) is 13.6 Å². The number of ether oxygens (including phenoxy) is 1. The molecule has 5 nitrogen and oxygen atoms in total. The molecule has 0 radical (unpaired) electrons. The molecule has 2 aromatic carbocycles. The summed E-state index contributed by atoms with van der Waals surface area (Å²) in [6.07, 6.45) is -0.333. The summed E-state index contributed by atoms with van der Waals surface area (Å²) in [5.74, 6) is -3.74. The molecular weight excluding hydrogens is 404 g/mol. The van der Waals surface area contributed by atoms with Crippen molar-refractivity contribution in [2.75, 3.05) is 0 Å². The number of esters is 1. The molecule has 2 aromatic rings. The van der Waals surface area contributed by atoms with Crippen LogP contribution in [0, 0.1) is 17.6 Å². The largest absolute Gasteiger partial charge is 0.458 e. The summed E-state index contributed by atoms with van der Waals surface area (Å²) in [5, 5.41) is 2.66. The van der Waals surface area contributed by atoms with Gasteiger partial charge in [0.15, 0.2) is 6.04 Å². The zero-order valence-electron chi connectivity index (χ0n) is 18.1. The Morgan fingerprint density at radius 2 is 1.58 bits per heavy atom. The molecule has 1 amide bonds. The van der Waals surface area contributed by atoms with Crippen molar-refractivity contribution in [3.63, 3.8) is 0 Å². The van der Waals surface area contributed by atoms with E-state index in [0.717, 1.165) is 18.2 Å². The van der Waals surface area contributed by atoms with Crippen molar-refractivity contribution < 1.29 is 27.9 Å². The molecule has 166 valence electrons. The molecule has 7 heteroatoms. The van der Waals surface area contributed by atoms with Crippen LogP contribution in [0.15, 0.2) is 48.5 Å². The van der Waals surface area contributed by atoms with Gasteiger partial charge in [0, 0.05) is 24.8 Å². The van der Waals surface area contributed by atoms with E-state index >= 15 is 0 Å². The molecule has 0 unspecified atom stereocenters. The summed E-state index contributed by atoms with van der Waals surface area (Å²) in [4.78, 5) is 37.7. The second-order valence-corrected chi connectivity index (χ2v) is 8.48. The van der Waals surface area contributed by atoms with Gasteiger partial charge in [-0.2, -0.15) is 0 Å². The van der Waals surface area contributed by atoms with E-state index in [2.05, 4.69) is 5.32 Å². The summed E-state index contributed by atoms with van der Waals surface area (Å²) >= 11 is 0. The van der Waals surface area contributed by atoms with Gasteiger partial charge in [-0.05, 0) is 44.0 Å². The predicted molar refractivity (Wildman–Crippen MR) is 112 cm³/mol. The van der Waals surface area contributed by atoms with Gasteiger partial charge in [-0.3, -0.25) is 9.59 Å². The third-order valence-electron chi connectivity index (χ3n) is 4.37. The lowest BCUT2D eigenvalue weighted by Gasteiger charge is -2.25. The third kappa shape index (κ3) is 7.92. The summed E-state index contributed by atoms with van der Waals surface area (Å²) in [5.41, 5.74) is 0.0151. The van der Waals surface area contributed by atoms with E-state index in [-0.39, 0.29) is 24.2 Å². The molecule has 0 bridgehead atoms. The van der Waals surface area contributed by atoms with Crippen LogP contribution in [0.4, 0.5) is 8.78 Å². The number of hydrogen-bond acceptors (Lipinski definition) is 4. The van der Waals surface area contributed by atoms with Crippen LogP contribution in [-0.4, -0.2) is 23.3 Å². The van der Waals surface area contributed by atoms with Crippen LogP contribution < -0.4 is 5.32 Å². The van der Waals surface area contributed by atoms with Crippen molar-refractivity contribution in [1.82, 2.24) is 5.32 Å². The number of benzene rings is 2. The first kappa shape index (κ1) is 24.2. The molecular formula is C24H27F2NO4. The Morgan fingerprint density at radius 3 is 2.13 bits per heavy atom. The molecule has 2 rings (SSSR count). The molecule has 0 spiro atoms. The number of carbonyl (C=O) groups excluding carboxylic acids is 3. The second kappa shape index (κ2) is 10.3. The van der Waals surface area contributed by atoms with Gasteiger partial charge in [0.25, 0.3) is 0 Å². The van der Waals surface area contributed by atoms with Gasteiger partial charge in [-0.15, -0.1) is 0 Å². The van der Waals surface area contributed by atoms with Crippen LogP contribution in [0.2, 0.25) is 0 Å². The molecule has 0 aliphatic rings. The number of Topliss-reactive ketones (excluding diaryl/α,β-unsaturated/α-hetero) is 1. The molecule has 2 atom stereocenters. The molecule has 0 aliphatic heterocycles. The second-order valence-electron chi connectivity index (χ2n) is 8.48. The van der Waals surface area contributed by atoms with Gasteiger partial charge in [-0.1, -0.05) is 37.3 Å². The van der Waals surface area contributed by atoms with E-state index in [0.29, 0.717) is 5.56 Å². The predicted octanol–water partition coefficient (Wildman–Crippen LogP) is 4.30. The van der Waals surface area contributed by atoms with Gasteiger partial charge in [0.2, 0.25) is 5.91 Å². The molecule has 0 aliphatic carbocycles. The zero-order valence-corrected chi connectivity index (χ0v) is 18.1. The monoisotopic (exact) mass is 431 g/mol. The number of amides is 1. The fourth-order valence-corrected chi connectivity index (χ4v) is 3.02. The maximum absolute atomic E-state index is 13.3. The Morgan fingerprint density at radius 1 is 1.00 bits per heavy atom. The lowest BCUT2D eigenvalue weighted by atomic mass is 9.98. The number of rotatable bonds is 8. The van der Waals surface area contributed by atoms with E-state index < -0.39 is 41.1 Å². The Hall–Kier alpha value is -3.09. The highest BCUT2D eigenvalue weighted by molar-refractivity contribution is 5.90. The van der Waals surface area contributed by atoms with Gasteiger partial charge >= 0.3 is 5.97 Å². The average molecular weight is 431 g/mol. The van der Waals surface area contributed by atoms with Crippen LogP contribution >= 0.6 is 0 Å². The minimum Gasteiger partial charge on any atom is -0.458 e. The van der Waals surface area contributed by atoms with Crippen LogP contribution in [-0.2, 0) is 25.5 Å². The van der Waals surface area contributed by atoms with Crippen LogP contribution in [0.5, 0.6) is 0 Å². The van der Waals surface area contributed by atoms with E-state index in [1.54, 1.807) is 58.0 Å². The normalized spacial score (nSPS) is 13.2. The van der Waals surface area contributed by atoms with Crippen molar-refractivity contribution >= 4 is 17.7 Å². The van der Waals surface area contributed by atoms with Crippen LogP contribution in [0.1, 0.15) is 51.3 Å². The number of halogens is 2. The van der Waals surface area contributed by atoms with Crippen LogP contribution in [0.25, 0.3) is 0 Å². The third-order valence-corrected chi connectivity index (χ3v) is 4.37. The summed E-state index contributed by atoms with van der Waals surface area (Å²) < 4.78 is 32.0. The topological polar surface area (TPSA) is 72.5 Å². The molecule has 0 fully saturated rings. The Bertz CT molecular complexity index is 918. The highest BCUT2D eigenvalue weighted by Gasteiger charge is 2.30. The lowest BCUT2D eigenvalue weighted by Crippen LogP contribution is -2.40. The van der Waals surface area contributed by atoms with Crippen LogP contribution in [0.3, 0.4) is 0 Å². The highest BCUT2D eigenvalue weighted by atomic mass is 19.1. The van der Waals surface area contributed by atoms with Crippen molar-refractivity contribution in [2.24, 2.45) is 5.92 Å². The van der Waals surface area contributed by atoms with Gasteiger partial charge in [0.05, 0.1) is 0 Å². The maximum Gasteiger partial charge on any atom is 0.333 e. The Kier molecular flexibility index (Phi) is 8.02. The summed E-state index contributed by atoms with van der Waals surface area (Å²) in [7, 11) is 0. The zero-order chi connectivity index (χ0) is 23.2. The van der Waals surface area contributed by atoms with Gasteiger partial charge in [0.1, 0.15) is 23.0 Å². The van der Waals surface area contributed by atoms with Crippen molar-refractivity contribution in [1.29, 1.82) is 0 Å². The number of hydrogen-bond donors (Lipinski definition) is 1. The van der Waals surface area contributed by atoms with Crippen molar-refractivity contribution in [3.05, 3.63) is 71.3 Å². The molecule has 0 aromatic heterocycles. The number of carbonyl (C=O) groups is 3. The van der Waals surface area contributed by atoms with E-state index in [1.807, 2.05) is 0 Å². The molecule has 0 heterocycles. The highest BCUT2D eigenvalue weighted by Crippen LogP contribution is 2.20. The average Bonchev–Trinajstić information content (AvgIpc) is 2.64. The van der Waals surface area contributed by atoms with E-state index in [4.69, 9.17) is 4.74 Å². The molecule has 0 saturated heterocycles. The summed E-state index contributed by atoms with van der Waals surface area (Å²) in [6.45, 7) is 6.73. The molecule has 1 N–H and O–H groups in total. The summed E-state index contributed by atoms with van der Waals surface area (Å²) in [6, 6.07) is 10.5. The quantitative estimate of drug-likeness (QED) is 0.633. The standard InChI is InChI=1S/C24H27F2NO4/c1-15(10-20(28)13-16-11-18(25)14-19(26)12-16)22(29)27-21(17-8-6-5-7-9-17)23(30)31-24(2,3)4/h5-9,11-12,14-15,21H,10,13H2,1-4H3,(H,27,29)/t15-,21+/m1/s1. The first-order valence-corrected chi connectivity index (χ1v) is 9.99. The first-order chi connectivity index (χ1) is 14.4. The lowest BCUT2D eigenvalue weighted by molar-refractivity contribution is -0.159. The van der Waals surface area contributed by atoms with Crippen molar-refractivity contribution in [3.8, 4) is 0 Å². The Labute approximate surface area is 180 Å². The van der Waals surface area contributed by atoms with E-state index in [9.17, 15) is 23.2 Å². The van der Waals surface area contributed by atoms with E-state index in [1.165, 1.54) is 0 Å². The van der Waals surface area contributed by atoms with Crippen molar-refractivity contribution in [2.45, 2.75) is 52.2 Å². The maximum atomic E-state index is 13.3.